The number of fused-ring (bicyclic) bond motifs is 1. The minimum absolute atomic E-state index is 0.433. The molecule has 0 aliphatic rings. The maximum Gasteiger partial charge on any atom is 0.139 e. The fraction of sp³-hybridized carbons (Fsp3) is 0.0667. The van der Waals surface area contributed by atoms with Gasteiger partial charge < -0.3 is 5.32 Å². The monoisotopic (exact) mass is 299 g/mol. The summed E-state index contributed by atoms with van der Waals surface area (Å²) < 4.78 is 0. The summed E-state index contributed by atoms with van der Waals surface area (Å²) in [7, 11) is 0. The van der Waals surface area contributed by atoms with Crippen molar-refractivity contribution in [3.05, 3.63) is 41.0 Å². The summed E-state index contributed by atoms with van der Waals surface area (Å²) in [6.07, 6.45) is 6.84. The average Bonchev–Trinajstić information content (AvgIpc) is 2.90. The number of hydrogen-bond acceptors (Lipinski definition) is 4. The van der Waals surface area contributed by atoms with Crippen molar-refractivity contribution in [3.8, 4) is 23.5 Å². The molecule has 2 heterocycles. The van der Waals surface area contributed by atoms with Crippen LogP contribution in [-0.2, 0) is 0 Å². The fourth-order valence-corrected chi connectivity index (χ4v) is 3.03. The zero-order valence-electron chi connectivity index (χ0n) is 10.4. The third kappa shape index (κ3) is 2.34. The highest BCUT2D eigenvalue weighted by molar-refractivity contribution is 7.17. The minimum atomic E-state index is 0.433. The zero-order valence-corrected chi connectivity index (χ0v) is 12.0. The average molecular weight is 300 g/mol. The smallest absolute Gasteiger partial charge is 0.139 e. The maximum absolute atomic E-state index is 5.93. The number of thiophene rings is 1. The summed E-state index contributed by atoms with van der Waals surface area (Å²) in [5.74, 6) is 3.32. The number of hydrogen-bond donors (Lipinski definition) is 1. The van der Waals surface area contributed by atoms with Crippen molar-refractivity contribution < 1.29 is 0 Å². The summed E-state index contributed by atoms with van der Waals surface area (Å²) >= 11 is 7.52. The highest BCUT2D eigenvalue weighted by Crippen LogP contribution is 2.36. The van der Waals surface area contributed by atoms with Gasteiger partial charge in [0.25, 0.3) is 0 Å². The second-order valence-electron chi connectivity index (χ2n) is 4.12. The standard InChI is InChI=1S/C15H10ClN3S/c1-2-7-17-14-13-12(8-20-15(13)19-9-18-14)10-3-5-11(16)6-4-10/h1,3-6,8-9H,7H2,(H,17,18,19). The summed E-state index contributed by atoms with van der Waals surface area (Å²) in [4.78, 5) is 9.52. The summed E-state index contributed by atoms with van der Waals surface area (Å²) in [6.45, 7) is 0.433. The summed E-state index contributed by atoms with van der Waals surface area (Å²) in [5, 5.41) is 6.92. The highest BCUT2D eigenvalue weighted by Gasteiger charge is 2.12. The van der Waals surface area contributed by atoms with E-state index in [-0.39, 0.29) is 0 Å². The van der Waals surface area contributed by atoms with E-state index < -0.39 is 0 Å². The lowest BCUT2D eigenvalue weighted by atomic mass is 10.1. The molecule has 0 saturated carbocycles. The molecule has 0 bridgehead atoms. The molecule has 3 nitrogen and oxygen atoms in total. The number of nitrogens with zero attached hydrogens (tertiary/aromatic N) is 2. The Morgan fingerprint density at radius 1 is 1.25 bits per heavy atom. The quantitative estimate of drug-likeness (QED) is 0.741. The van der Waals surface area contributed by atoms with Crippen LogP contribution in [0.4, 0.5) is 5.82 Å². The van der Waals surface area contributed by atoms with Crippen LogP contribution in [0.15, 0.2) is 36.0 Å². The first-order valence-corrected chi connectivity index (χ1v) is 7.21. The van der Waals surface area contributed by atoms with Gasteiger partial charge in [0.2, 0.25) is 0 Å². The van der Waals surface area contributed by atoms with Crippen LogP contribution in [0.3, 0.4) is 0 Å². The zero-order chi connectivity index (χ0) is 13.9. The molecule has 0 atom stereocenters. The molecule has 0 aliphatic heterocycles. The second kappa shape index (κ2) is 5.49. The summed E-state index contributed by atoms with van der Waals surface area (Å²) in [6, 6.07) is 7.72. The van der Waals surface area contributed by atoms with Crippen molar-refractivity contribution in [1.82, 2.24) is 9.97 Å². The van der Waals surface area contributed by atoms with Crippen molar-refractivity contribution in [1.29, 1.82) is 0 Å². The van der Waals surface area contributed by atoms with Gasteiger partial charge in [-0.25, -0.2) is 9.97 Å². The Morgan fingerprint density at radius 3 is 2.80 bits per heavy atom. The van der Waals surface area contributed by atoms with Gasteiger partial charge in [0.15, 0.2) is 0 Å². The lowest BCUT2D eigenvalue weighted by molar-refractivity contribution is 1.20. The van der Waals surface area contributed by atoms with Crippen molar-refractivity contribution in [2.75, 3.05) is 11.9 Å². The number of rotatable bonds is 3. The Kier molecular flexibility index (Phi) is 3.55. The lowest BCUT2D eigenvalue weighted by Crippen LogP contribution is -2.01. The molecule has 3 rings (SSSR count). The van der Waals surface area contributed by atoms with Crippen LogP contribution < -0.4 is 5.32 Å². The molecule has 0 unspecified atom stereocenters. The number of nitrogens with one attached hydrogen (secondary N) is 1. The first-order valence-electron chi connectivity index (χ1n) is 5.95. The fourth-order valence-electron chi connectivity index (χ4n) is 1.99. The topological polar surface area (TPSA) is 37.8 Å². The Balaban J connectivity index is 2.16. The van der Waals surface area contributed by atoms with Gasteiger partial charge in [-0.15, -0.1) is 17.8 Å². The van der Waals surface area contributed by atoms with Crippen LogP contribution in [0.25, 0.3) is 21.3 Å². The number of halogens is 1. The molecule has 2 aromatic heterocycles. The van der Waals surface area contributed by atoms with E-state index in [1.165, 1.54) is 0 Å². The number of anilines is 1. The van der Waals surface area contributed by atoms with Crippen LogP contribution in [-0.4, -0.2) is 16.5 Å². The maximum atomic E-state index is 5.93. The molecule has 0 radical (unpaired) electrons. The van der Waals surface area contributed by atoms with Crippen molar-refractivity contribution >= 4 is 39.0 Å². The Labute approximate surface area is 125 Å². The molecule has 0 amide bonds. The molecule has 1 aromatic carbocycles. The molecular weight excluding hydrogens is 290 g/mol. The molecular formula is C15H10ClN3S. The molecule has 0 aliphatic carbocycles. The Morgan fingerprint density at radius 2 is 2.05 bits per heavy atom. The van der Waals surface area contributed by atoms with E-state index in [2.05, 4.69) is 26.6 Å². The third-order valence-electron chi connectivity index (χ3n) is 2.88. The molecule has 1 N–H and O–H groups in total. The van der Waals surface area contributed by atoms with Gasteiger partial charge in [-0.1, -0.05) is 29.7 Å². The third-order valence-corrected chi connectivity index (χ3v) is 4.02. The molecule has 0 spiro atoms. The van der Waals surface area contributed by atoms with Crippen LogP contribution in [0, 0.1) is 12.3 Å². The van der Waals surface area contributed by atoms with E-state index in [0.717, 1.165) is 32.2 Å². The predicted octanol–water partition coefficient (Wildman–Crippen LogP) is 4.06. The molecule has 0 fully saturated rings. The van der Waals surface area contributed by atoms with Crippen LogP contribution >= 0.6 is 22.9 Å². The van der Waals surface area contributed by atoms with E-state index in [1.807, 2.05) is 24.3 Å². The minimum Gasteiger partial charge on any atom is -0.358 e. The Bertz CT molecular complexity index is 787. The highest BCUT2D eigenvalue weighted by atomic mass is 35.5. The predicted molar refractivity (Wildman–Crippen MR) is 85.2 cm³/mol. The molecule has 20 heavy (non-hydrogen) atoms. The van der Waals surface area contributed by atoms with E-state index in [9.17, 15) is 0 Å². The normalized spacial score (nSPS) is 10.4. The number of benzene rings is 1. The van der Waals surface area contributed by atoms with Crippen LogP contribution in [0.2, 0.25) is 5.02 Å². The molecule has 98 valence electrons. The van der Waals surface area contributed by atoms with Gasteiger partial charge in [-0.05, 0) is 17.7 Å². The van der Waals surface area contributed by atoms with Gasteiger partial charge in [-0.2, -0.15) is 0 Å². The second-order valence-corrected chi connectivity index (χ2v) is 5.41. The Hall–Kier alpha value is -2.09. The SMILES string of the molecule is C#CCNc1ncnc2scc(-c3ccc(Cl)cc3)c12. The van der Waals surface area contributed by atoms with Crippen LogP contribution in [0.1, 0.15) is 0 Å². The molecule has 5 heteroatoms. The van der Waals surface area contributed by atoms with Gasteiger partial charge in [0.05, 0.1) is 11.9 Å². The van der Waals surface area contributed by atoms with Gasteiger partial charge in [0, 0.05) is 16.0 Å². The van der Waals surface area contributed by atoms with Crippen molar-refractivity contribution in [2.24, 2.45) is 0 Å². The van der Waals surface area contributed by atoms with E-state index in [0.29, 0.717) is 6.54 Å². The lowest BCUT2D eigenvalue weighted by Gasteiger charge is -2.06. The molecule has 0 saturated heterocycles. The number of aromatic nitrogens is 2. The summed E-state index contributed by atoms with van der Waals surface area (Å²) in [5.41, 5.74) is 2.17. The van der Waals surface area contributed by atoms with E-state index in [1.54, 1.807) is 17.7 Å². The van der Waals surface area contributed by atoms with Gasteiger partial charge in [-0.3, -0.25) is 0 Å². The molecule has 3 aromatic rings. The largest absolute Gasteiger partial charge is 0.358 e. The number of terminal acetylenes is 1. The van der Waals surface area contributed by atoms with Crippen LogP contribution in [0.5, 0.6) is 0 Å². The first kappa shape index (κ1) is 12.9. The van der Waals surface area contributed by atoms with Gasteiger partial charge in [0.1, 0.15) is 17.0 Å². The van der Waals surface area contributed by atoms with Crippen molar-refractivity contribution in [2.45, 2.75) is 0 Å². The first-order chi connectivity index (χ1) is 9.79. The van der Waals surface area contributed by atoms with Gasteiger partial charge >= 0.3 is 0 Å². The van der Waals surface area contributed by atoms with E-state index in [4.69, 9.17) is 18.0 Å². The van der Waals surface area contributed by atoms with E-state index >= 15 is 0 Å². The van der Waals surface area contributed by atoms with Crippen molar-refractivity contribution in [3.63, 3.8) is 0 Å².